The summed E-state index contributed by atoms with van der Waals surface area (Å²) in [6, 6.07) is 6.70. The maximum Gasteiger partial charge on any atom is 0.0785 e. The number of aliphatic hydroxyl groups is 1. The first-order valence-corrected chi connectivity index (χ1v) is 15.8. The van der Waals surface area contributed by atoms with E-state index in [-0.39, 0.29) is 0 Å². The minimum absolute atomic E-state index is 0.582. The van der Waals surface area contributed by atoms with Crippen LogP contribution in [0, 0.1) is 0 Å². The molecule has 0 saturated carbocycles. The molecule has 6 rings (SSSR count). The fourth-order valence-corrected chi connectivity index (χ4v) is 7.67. The van der Waals surface area contributed by atoms with Crippen molar-refractivity contribution >= 4 is 44.4 Å². The molecule has 0 amide bonds. The molecule has 2 aliphatic heterocycles. The largest absolute Gasteiger partial charge is 0.389 e. The van der Waals surface area contributed by atoms with E-state index in [4.69, 9.17) is 9.97 Å². The van der Waals surface area contributed by atoms with E-state index in [1.807, 2.05) is 6.92 Å². The van der Waals surface area contributed by atoms with Crippen molar-refractivity contribution in [2.45, 2.75) is 106 Å². The van der Waals surface area contributed by atoms with E-state index < -0.39 is 6.10 Å². The van der Waals surface area contributed by atoms with Gasteiger partial charge in [0.15, 0.2) is 0 Å². The highest BCUT2D eigenvalue weighted by molar-refractivity contribution is 5.98. The topological polar surface area (TPSA) is 77.6 Å². The van der Waals surface area contributed by atoms with Crippen molar-refractivity contribution in [2.75, 3.05) is 0 Å². The van der Waals surface area contributed by atoms with Gasteiger partial charge in [-0.25, -0.2) is 9.97 Å². The summed E-state index contributed by atoms with van der Waals surface area (Å²) in [6.07, 6.45) is 7.05. The Morgan fingerprint density at radius 3 is 1.88 bits per heavy atom. The molecule has 0 fully saturated rings. The molecular weight excluding hydrogens is 504 g/mol. The number of nitrogens with one attached hydrogen (secondary N) is 2. The lowest BCUT2D eigenvalue weighted by molar-refractivity contribution is 0.200. The summed E-state index contributed by atoms with van der Waals surface area (Å²) in [5, 5.41) is 11.0. The summed E-state index contributed by atoms with van der Waals surface area (Å²) >= 11 is 0. The van der Waals surface area contributed by atoms with Gasteiger partial charge in [0.05, 0.1) is 28.9 Å². The molecule has 1 atom stereocenters. The first-order valence-electron chi connectivity index (χ1n) is 15.8. The van der Waals surface area contributed by atoms with Crippen LogP contribution in [0.15, 0.2) is 18.2 Å². The van der Waals surface area contributed by atoms with Gasteiger partial charge in [-0.3, -0.25) is 0 Å². The van der Waals surface area contributed by atoms with Crippen LogP contribution in [0.2, 0.25) is 0 Å². The van der Waals surface area contributed by atoms with E-state index in [1.165, 1.54) is 50.2 Å². The molecule has 0 radical (unpaired) electrons. The fourth-order valence-electron chi connectivity index (χ4n) is 7.67. The molecule has 3 aromatic rings. The Morgan fingerprint density at radius 2 is 1.27 bits per heavy atom. The molecule has 8 bridgehead atoms. The normalized spacial score (nSPS) is 15.4. The van der Waals surface area contributed by atoms with Gasteiger partial charge >= 0.3 is 0 Å². The van der Waals surface area contributed by atoms with Crippen molar-refractivity contribution in [3.63, 3.8) is 0 Å². The van der Waals surface area contributed by atoms with Crippen molar-refractivity contribution in [3.05, 3.63) is 68.8 Å². The fraction of sp³-hybridized carbons (Fsp3) is 0.444. The van der Waals surface area contributed by atoms with Crippen LogP contribution in [0.5, 0.6) is 0 Å². The highest BCUT2D eigenvalue weighted by Crippen LogP contribution is 2.44. The van der Waals surface area contributed by atoms with Crippen molar-refractivity contribution in [2.24, 2.45) is 0 Å². The number of hydrogen-bond donors (Lipinski definition) is 3. The second-order valence-electron chi connectivity index (χ2n) is 11.6. The summed E-state index contributed by atoms with van der Waals surface area (Å²) in [5.74, 6) is 0. The van der Waals surface area contributed by atoms with Gasteiger partial charge in [-0.2, -0.15) is 0 Å². The average molecular weight is 549 g/mol. The molecule has 1 aliphatic carbocycles. The molecule has 5 nitrogen and oxygen atoms in total. The van der Waals surface area contributed by atoms with E-state index in [2.05, 4.69) is 69.7 Å². The van der Waals surface area contributed by atoms with Crippen molar-refractivity contribution in [1.82, 2.24) is 19.9 Å². The summed E-state index contributed by atoms with van der Waals surface area (Å²) in [7, 11) is 0. The Labute approximate surface area is 243 Å². The maximum atomic E-state index is 11.0. The van der Waals surface area contributed by atoms with Crippen molar-refractivity contribution in [3.8, 4) is 0 Å². The Morgan fingerprint density at radius 1 is 0.659 bits per heavy atom. The van der Waals surface area contributed by atoms with Gasteiger partial charge < -0.3 is 15.1 Å². The summed E-state index contributed by atoms with van der Waals surface area (Å²) < 4.78 is 0. The van der Waals surface area contributed by atoms with Gasteiger partial charge in [0.2, 0.25) is 0 Å². The van der Waals surface area contributed by atoms with Gasteiger partial charge in [0.25, 0.3) is 0 Å². The van der Waals surface area contributed by atoms with Crippen molar-refractivity contribution in [1.29, 1.82) is 0 Å². The van der Waals surface area contributed by atoms with E-state index >= 15 is 0 Å². The maximum absolute atomic E-state index is 11.0. The second-order valence-corrected chi connectivity index (χ2v) is 11.6. The predicted octanol–water partition coefficient (Wildman–Crippen LogP) is 9.05. The number of rotatable bonds is 7. The van der Waals surface area contributed by atoms with Gasteiger partial charge in [-0.1, -0.05) is 41.5 Å². The second kappa shape index (κ2) is 10.8. The lowest BCUT2D eigenvalue weighted by Crippen LogP contribution is -1.94. The summed E-state index contributed by atoms with van der Waals surface area (Å²) in [5.41, 5.74) is 20.4. The Kier molecular flexibility index (Phi) is 7.27. The number of allylic oxidation sites excluding steroid dienone is 4. The van der Waals surface area contributed by atoms with Crippen molar-refractivity contribution < 1.29 is 5.11 Å². The molecule has 214 valence electrons. The zero-order chi connectivity index (χ0) is 29.0. The van der Waals surface area contributed by atoms with Crippen LogP contribution >= 0.6 is 0 Å². The lowest BCUT2D eigenvalue weighted by atomic mass is 9.98. The molecule has 0 aromatic carbocycles. The molecular formula is C36H44N4O. The smallest absolute Gasteiger partial charge is 0.0785 e. The van der Waals surface area contributed by atoms with Crippen LogP contribution in [-0.2, 0) is 25.7 Å². The molecule has 1 unspecified atom stereocenters. The lowest BCUT2D eigenvalue weighted by Gasteiger charge is -2.06. The number of hydrogen-bond acceptors (Lipinski definition) is 3. The molecule has 3 aromatic heterocycles. The minimum Gasteiger partial charge on any atom is -0.389 e. The zero-order valence-electron chi connectivity index (χ0n) is 25.8. The number of aromatic nitrogens is 4. The van der Waals surface area contributed by atoms with Gasteiger partial charge in [0.1, 0.15) is 0 Å². The van der Waals surface area contributed by atoms with E-state index in [9.17, 15) is 5.11 Å². The number of aromatic amines is 2. The predicted molar refractivity (Wildman–Crippen MR) is 173 cm³/mol. The van der Waals surface area contributed by atoms with E-state index in [0.29, 0.717) is 0 Å². The number of H-pyrrole nitrogens is 2. The van der Waals surface area contributed by atoms with Gasteiger partial charge in [0, 0.05) is 33.2 Å². The molecule has 3 N–H and O–H groups in total. The van der Waals surface area contributed by atoms with Crippen LogP contribution in [-0.4, -0.2) is 25.0 Å². The molecule has 3 aliphatic rings. The number of fused-ring (bicyclic) bond motifs is 8. The Bertz CT molecular complexity index is 1780. The van der Waals surface area contributed by atoms with Crippen LogP contribution in [0.1, 0.15) is 131 Å². The standard InChI is InChI=1S/C36H44N4O/c1-8-20-21(9-2)29-17-32-25(13-6)34(19(7)41)33(38-32)18-31-22(10-3)24(12-5)35(39-31)27-15-14-26-23(11-4)30(40-36(26)27)16-28(20)37-29/h16-19,38-39,41H,8-15H2,1-7H3. The third-order valence-electron chi connectivity index (χ3n) is 9.47. The Balaban J connectivity index is 1.86. The number of aryl methyl sites for hydroxylation is 4. The third kappa shape index (κ3) is 4.23. The Hall–Kier alpha value is -3.44. The minimum atomic E-state index is -0.582. The zero-order valence-corrected chi connectivity index (χ0v) is 25.8. The van der Waals surface area contributed by atoms with E-state index in [0.717, 1.165) is 96.1 Å². The van der Waals surface area contributed by atoms with Crippen LogP contribution in [0.4, 0.5) is 0 Å². The number of aliphatic hydroxyl groups excluding tert-OH is 1. The molecule has 5 heterocycles. The first kappa shape index (κ1) is 27.7. The molecule has 41 heavy (non-hydrogen) atoms. The first-order chi connectivity index (χ1) is 19.9. The third-order valence-corrected chi connectivity index (χ3v) is 9.47. The monoisotopic (exact) mass is 548 g/mol. The number of nitrogens with zero attached hydrogens (tertiary/aromatic N) is 2. The van der Waals surface area contributed by atoms with Crippen LogP contribution < -0.4 is 0 Å². The summed E-state index contributed by atoms with van der Waals surface area (Å²) in [4.78, 5) is 18.2. The SMILES string of the molecule is CCC1=C(CC)c2cc3[nH]c(cc4[nH]c(c5c6nc(cc1n2)C(CC)=C6CC5)c(CC)c4CC)c(C(C)O)c3CC. The highest BCUT2D eigenvalue weighted by Gasteiger charge is 2.29. The van der Waals surface area contributed by atoms with Gasteiger partial charge in [-0.15, -0.1) is 0 Å². The summed E-state index contributed by atoms with van der Waals surface area (Å²) in [6.45, 7) is 15.3. The van der Waals surface area contributed by atoms with E-state index in [1.54, 1.807) is 0 Å². The molecule has 0 saturated heterocycles. The van der Waals surface area contributed by atoms with Crippen LogP contribution in [0.3, 0.4) is 0 Å². The molecule has 0 spiro atoms. The van der Waals surface area contributed by atoms with Crippen LogP contribution in [0.25, 0.3) is 44.4 Å². The average Bonchev–Trinajstić information content (AvgIpc) is 3.74. The van der Waals surface area contributed by atoms with Gasteiger partial charge in [-0.05, 0) is 115 Å². The highest BCUT2D eigenvalue weighted by atomic mass is 16.3. The quantitative estimate of drug-likeness (QED) is 0.276. The molecule has 5 heteroatoms.